The molecule has 1 N–H and O–H groups in total. The fourth-order valence-corrected chi connectivity index (χ4v) is 5.19. The van der Waals surface area contributed by atoms with Crippen molar-refractivity contribution < 1.29 is 13.2 Å². The first-order chi connectivity index (χ1) is 17.3. The zero-order chi connectivity index (χ0) is 27.4. The number of hydrazone groups is 1. The van der Waals surface area contributed by atoms with Crippen molar-refractivity contribution in [2.45, 2.75) is 64.7 Å². The van der Waals surface area contributed by atoms with Gasteiger partial charge in [-0.3, -0.25) is 9.10 Å². The minimum Gasteiger partial charge on any atom is -0.271 e. The number of aryl methyl sites for hydroxylation is 1. The van der Waals surface area contributed by atoms with Gasteiger partial charge >= 0.3 is 0 Å². The van der Waals surface area contributed by atoms with Crippen molar-refractivity contribution in [2.24, 2.45) is 5.10 Å². The molecule has 0 aromatic heterocycles. The number of nitrogens with zero attached hydrogens (tertiary/aromatic N) is 2. The highest BCUT2D eigenvalue weighted by Gasteiger charge is 2.27. The lowest BCUT2D eigenvalue weighted by atomic mass is 9.86. The van der Waals surface area contributed by atoms with Crippen LogP contribution >= 0.6 is 0 Å². The Morgan fingerprint density at radius 3 is 2.00 bits per heavy atom. The maximum absolute atomic E-state index is 13.6. The van der Waals surface area contributed by atoms with Crippen molar-refractivity contribution in [3.63, 3.8) is 0 Å². The second-order valence-corrected chi connectivity index (χ2v) is 12.5. The number of hydrogen-bond donors (Lipinski definition) is 1. The quantitative estimate of drug-likeness (QED) is 0.286. The summed E-state index contributed by atoms with van der Waals surface area (Å²) in [5, 5.41) is 4.23. The molecule has 0 spiro atoms. The van der Waals surface area contributed by atoms with Gasteiger partial charge in [-0.05, 0) is 66.1 Å². The first kappa shape index (κ1) is 28.1. The number of carbonyl (C=O) groups is 1. The van der Waals surface area contributed by atoms with Gasteiger partial charge < -0.3 is 0 Å². The number of sulfonamides is 1. The minimum atomic E-state index is -3.98. The van der Waals surface area contributed by atoms with Gasteiger partial charge in [-0.25, -0.2) is 13.8 Å². The second-order valence-electron chi connectivity index (χ2n) is 10.6. The Hall–Kier alpha value is -3.45. The molecule has 3 rings (SSSR count). The third-order valence-corrected chi connectivity index (χ3v) is 8.05. The van der Waals surface area contributed by atoms with Crippen molar-refractivity contribution in [3.8, 4) is 0 Å². The SMILES string of the molecule is C/C(=N/NC(=O)CN(c1ccc(C(C)C)cc1)S(=O)(=O)c1ccc(C)cc1)c1ccc(C(C)(C)C)cc1. The molecule has 0 radical (unpaired) electrons. The maximum atomic E-state index is 13.6. The Morgan fingerprint density at radius 2 is 1.49 bits per heavy atom. The molecule has 6 nitrogen and oxygen atoms in total. The molecule has 0 fully saturated rings. The fourth-order valence-electron chi connectivity index (χ4n) is 3.77. The van der Waals surface area contributed by atoms with Gasteiger partial charge in [-0.1, -0.05) is 88.7 Å². The lowest BCUT2D eigenvalue weighted by Gasteiger charge is -2.24. The van der Waals surface area contributed by atoms with Gasteiger partial charge in [0.15, 0.2) is 0 Å². The van der Waals surface area contributed by atoms with Crippen LogP contribution in [0.15, 0.2) is 82.8 Å². The van der Waals surface area contributed by atoms with Gasteiger partial charge in [-0.15, -0.1) is 0 Å². The van der Waals surface area contributed by atoms with E-state index in [0.717, 1.165) is 21.0 Å². The van der Waals surface area contributed by atoms with E-state index in [0.29, 0.717) is 17.3 Å². The van der Waals surface area contributed by atoms with Crippen molar-refractivity contribution in [2.75, 3.05) is 10.8 Å². The highest BCUT2D eigenvalue weighted by Crippen LogP contribution is 2.26. The molecule has 0 aliphatic carbocycles. The molecule has 0 atom stereocenters. The Labute approximate surface area is 221 Å². The largest absolute Gasteiger partial charge is 0.271 e. The summed E-state index contributed by atoms with van der Waals surface area (Å²) in [6.07, 6.45) is 0. The molecule has 3 aromatic rings. The van der Waals surface area contributed by atoms with E-state index >= 15 is 0 Å². The Morgan fingerprint density at radius 1 is 0.919 bits per heavy atom. The van der Waals surface area contributed by atoms with Crippen LogP contribution in [0.3, 0.4) is 0 Å². The first-order valence-electron chi connectivity index (χ1n) is 12.4. The molecular weight excluding hydrogens is 482 g/mol. The molecular formula is C30H37N3O3S. The first-order valence-corrected chi connectivity index (χ1v) is 13.9. The molecule has 196 valence electrons. The van der Waals surface area contributed by atoms with Crippen molar-refractivity contribution >= 4 is 27.3 Å². The van der Waals surface area contributed by atoms with E-state index in [2.05, 4.69) is 45.1 Å². The van der Waals surface area contributed by atoms with E-state index in [1.54, 1.807) is 43.3 Å². The van der Waals surface area contributed by atoms with Gasteiger partial charge in [-0.2, -0.15) is 5.10 Å². The number of benzene rings is 3. The van der Waals surface area contributed by atoms with Crippen LogP contribution in [0.2, 0.25) is 0 Å². The summed E-state index contributed by atoms with van der Waals surface area (Å²) in [4.78, 5) is 13.1. The zero-order valence-electron chi connectivity index (χ0n) is 22.7. The fraction of sp³-hybridized carbons (Fsp3) is 0.333. The van der Waals surface area contributed by atoms with E-state index < -0.39 is 22.5 Å². The molecule has 0 saturated heterocycles. The number of rotatable bonds is 8. The van der Waals surface area contributed by atoms with Gasteiger partial charge in [0.2, 0.25) is 0 Å². The molecule has 0 unspecified atom stereocenters. The molecule has 3 aromatic carbocycles. The van der Waals surface area contributed by atoms with Crippen LogP contribution in [0.1, 0.15) is 69.7 Å². The molecule has 37 heavy (non-hydrogen) atoms. The van der Waals surface area contributed by atoms with E-state index in [9.17, 15) is 13.2 Å². The Bertz CT molecular complexity index is 1350. The summed E-state index contributed by atoms with van der Waals surface area (Å²) in [7, 11) is -3.98. The standard InChI is InChI=1S/C30H37N3O3S/c1-21(2)24-12-16-27(17-13-24)33(37(35,36)28-18-8-22(3)9-19-28)20-29(34)32-31-23(4)25-10-14-26(15-11-25)30(5,6)7/h8-19,21H,20H2,1-7H3,(H,32,34)/b31-23-. The van der Waals surface area contributed by atoms with E-state index in [4.69, 9.17) is 0 Å². The number of carbonyl (C=O) groups excluding carboxylic acids is 1. The lowest BCUT2D eigenvalue weighted by Crippen LogP contribution is -2.39. The van der Waals surface area contributed by atoms with E-state index in [-0.39, 0.29) is 10.3 Å². The predicted octanol–water partition coefficient (Wildman–Crippen LogP) is 6.15. The highest BCUT2D eigenvalue weighted by molar-refractivity contribution is 7.92. The molecule has 7 heteroatoms. The molecule has 0 aliphatic heterocycles. The number of anilines is 1. The van der Waals surface area contributed by atoms with Gasteiger partial charge in [0, 0.05) is 0 Å². The van der Waals surface area contributed by atoms with E-state index in [1.165, 1.54) is 5.56 Å². The summed E-state index contributed by atoms with van der Waals surface area (Å²) in [5.41, 5.74) is 7.72. The average Bonchev–Trinajstić information content (AvgIpc) is 2.85. The monoisotopic (exact) mass is 519 g/mol. The average molecular weight is 520 g/mol. The number of amides is 1. The Balaban J connectivity index is 1.85. The van der Waals surface area contributed by atoms with Crippen LogP contribution in [0.25, 0.3) is 0 Å². The molecule has 0 saturated carbocycles. The summed E-state index contributed by atoms with van der Waals surface area (Å²) >= 11 is 0. The van der Waals surface area contributed by atoms with Crippen LogP contribution in [-0.2, 0) is 20.2 Å². The number of nitrogens with one attached hydrogen (secondary N) is 1. The minimum absolute atomic E-state index is 0.0393. The normalized spacial score (nSPS) is 12.5. The third-order valence-electron chi connectivity index (χ3n) is 6.26. The Kier molecular flexibility index (Phi) is 8.59. The zero-order valence-corrected chi connectivity index (χ0v) is 23.6. The predicted molar refractivity (Wildman–Crippen MR) is 152 cm³/mol. The van der Waals surface area contributed by atoms with Crippen LogP contribution < -0.4 is 9.73 Å². The van der Waals surface area contributed by atoms with Crippen molar-refractivity contribution in [3.05, 3.63) is 95.1 Å². The van der Waals surface area contributed by atoms with Gasteiger partial charge in [0.25, 0.3) is 15.9 Å². The molecule has 0 bridgehead atoms. The molecule has 0 heterocycles. The molecule has 0 aliphatic rings. The van der Waals surface area contributed by atoms with Gasteiger partial charge in [0.05, 0.1) is 16.3 Å². The van der Waals surface area contributed by atoms with Gasteiger partial charge in [0.1, 0.15) is 6.54 Å². The van der Waals surface area contributed by atoms with Crippen LogP contribution in [0.5, 0.6) is 0 Å². The number of hydrogen-bond acceptors (Lipinski definition) is 4. The van der Waals surface area contributed by atoms with Crippen LogP contribution in [-0.4, -0.2) is 26.6 Å². The second kappa shape index (κ2) is 11.3. The summed E-state index contributed by atoms with van der Waals surface area (Å²) in [6, 6.07) is 21.9. The van der Waals surface area contributed by atoms with E-state index in [1.807, 2.05) is 43.3 Å². The highest BCUT2D eigenvalue weighted by atomic mass is 32.2. The molecule has 1 amide bonds. The summed E-state index contributed by atoms with van der Waals surface area (Å²) < 4.78 is 28.3. The van der Waals surface area contributed by atoms with Crippen LogP contribution in [0.4, 0.5) is 5.69 Å². The summed E-state index contributed by atoms with van der Waals surface area (Å²) in [5.74, 6) is -0.233. The smallest absolute Gasteiger partial charge is 0.264 e. The summed E-state index contributed by atoms with van der Waals surface area (Å²) in [6.45, 7) is 13.9. The van der Waals surface area contributed by atoms with Crippen molar-refractivity contribution in [1.29, 1.82) is 0 Å². The van der Waals surface area contributed by atoms with Crippen LogP contribution in [0, 0.1) is 6.92 Å². The maximum Gasteiger partial charge on any atom is 0.264 e. The topological polar surface area (TPSA) is 78.8 Å². The third kappa shape index (κ3) is 7.07. The van der Waals surface area contributed by atoms with Crippen molar-refractivity contribution in [1.82, 2.24) is 5.43 Å². The lowest BCUT2D eigenvalue weighted by molar-refractivity contribution is -0.119.